The third-order valence-electron chi connectivity index (χ3n) is 2.44. The molecule has 1 atom stereocenters. The molecule has 0 saturated heterocycles. The number of carboxylic acids is 1. The van der Waals surface area contributed by atoms with Crippen molar-refractivity contribution >= 4 is 17.5 Å². The van der Waals surface area contributed by atoms with E-state index in [0.29, 0.717) is 6.42 Å². The van der Waals surface area contributed by atoms with Crippen LogP contribution in [0.2, 0.25) is 0 Å². The molecule has 0 amide bonds. The number of rotatable bonds is 8. The SMILES string of the molecule is COCC(O)CCNc1ncc(C(=O)O)cc1[N+](=O)[O-]. The summed E-state index contributed by atoms with van der Waals surface area (Å²) in [6.07, 6.45) is 0.654. The van der Waals surface area contributed by atoms with Gasteiger partial charge in [-0.1, -0.05) is 0 Å². The first kappa shape index (κ1) is 15.8. The number of ether oxygens (including phenoxy) is 1. The quantitative estimate of drug-likeness (QED) is 0.464. The number of carbonyl (C=O) groups is 1. The molecule has 0 aliphatic rings. The molecule has 1 aromatic rings. The minimum absolute atomic E-state index is 0.0374. The minimum Gasteiger partial charge on any atom is -0.478 e. The fraction of sp³-hybridized carbons (Fsp3) is 0.455. The Bertz CT molecular complexity index is 493. The van der Waals surface area contributed by atoms with Crippen LogP contribution < -0.4 is 5.32 Å². The summed E-state index contributed by atoms with van der Waals surface area (Å²) in [6.45, 7) is 0.403. The number of aromatic nitrogens is 1. The van der Waals surface area contributed by atoms with Crippen LogP contribution in [0.25, 0.3) is 0 Å². The van der Waals surface area contributed by atoms with E-state index in [1.807, 2.05) is 0 Å². The number of methoxy groups -OCH3 is 1. The van der Waals surface area contributed by atoms with Gasteiger partial charge in [0.15, 0.2) is 0 Å². The van der Waals surface area contributed by atoms with Gasteiger partial charge in [0.25, 0.3) is 0 Å². The fourth-order valence-corrected chi connectivity index (χ4v) is 1.48. The molecule has 0 aromatic carbocycles. The Labute approximate surface area is 114 Å². The fourth-order valence-electron chi connectivity index (χ4n) is 1.48. The van der Waals surface area contributed by atoms with E-state index in [9.17, 15) is 20.0 Å². The lowest BCUT2D eigenvalue weighted by molar-refractivity contribution is -0.384. The highest BCUT2D eigenvalue weighted by molar-refractivity contribution is 5.88. The van der Waals surface area contributed by atoms with Crippen LogP contribution in [0.15, 0.2) is 12.3 Å². The predicted molar refractivity (Wildman–Crippen MR) is 68.8 cm³/mol. The molecular formula is C11H15N3O6. The molecule has 9 heteroatoms. The number of hydrogen-bond donors (Lipinski definition) is 3. The van der Waals surface area contributed by atoms with Crippen LogP contribution >= 0.6 is 0 Å². The van der Waals surface area contributed by atoms with Crippen LogP contribution in [0.3, 0.4) is 0 Å². The number of aliphatic hydroxyl groups is 1. The summed E-state index contributed by atoms with van der Waals surface area (Å²) in [7, 11) is 1.45. The van der Waals surface area contributed by atoms with E-state index in [0.717, 1.165) is 12.3 Å². The van der Waals surface area contributed by atoms with Gasteiger partial charge in [-0.3, -0.25) is 10.1 Å². The smallest absolute Gasteiger partial charge is 0.337 e. The van der Waals surface area contributed by atoms with Crippen molar-refractivity contribution in [1.82, 2.24) is 4.98 Å². The van der Waals surface area contributed by atoms with E-state index in [-0.39, 0.29) is 24.5 Å². The van der Waals surface area contributed by atoms with Crippen LogP contribution in [-0.4, -0.2) is 52.5 Å². The molecule has 1 rings (SSSR count). The molecule has 0 aliphatic heterocycles. The number of nitro groups is 1. The van der Waals surface area contributed by atoms with Crippen LogP contribution in [0.1, 0.15) is 16.8 Å². The third kappa shape index (κ3) is 4.44. The van der Waals surface area contributed by atoms with Gasteiger partial charge < -0.3 is 20.3 Å². The average molecular weight is 285 g/mol. The molecule has 1 aromatic heterocycles. The largest absolute Gasteiger partial charge is 0.478 e. The maximum Gasteiger partial charge on any atom is 0.337 e. The number of nitrogens with one attached hydrogen (secondary N) is 1. The van der Waals surface area contributed by atoms with Crippen molar-refractivity contribution in [2.24, 2.45) is 0 Å². The molecule has 0 aliphatic carbocycles. The van der Waals surface area contributed by atoms with Crippen LogP contribution in [0.5, 0.6) is 0 Å². The van der Waals surface area contributed by atoms with E-state index < -0.39 is 22.7 Å². The molecule has 0 spiro atoms. The monoisotopic (exact) mass is 285 g/mol. The van der Waals surface area contributed by atoms with Crippen molar-refractivity contribution in [3.63, 3.8) is 0 Å². The van der Waals surface area contributed by atoms with Gasteiger partial charge in [-0.25, -0.2) is 9.78 Å². The Morgan fingerprint density at radius 3 is 2.90 bits per heavy atom. The van der Waals surface area contributed by atoms with E-state index in [2.05, 4.69) is 10.3 Å². The second-order valence-electron chi connectivity index (χ2n) is 3.98. The molecule has 110 valence electrons. The van der Waals surface area contributed by atoms with Gasteiger partial charge >= 0.3 is 11.7 Å². The van der Waals surface area contributed by atoms with Crippen molar-refractivity contribution in [1.29, 1.82) is 0 Å². The van der Waals surface area contributed by atoms with E-state index in [1.54, 1.807) is 0 Å². The highest BCUT2D eigenvalue weighted by Crippen LogP contribution is 2.22. The summed E-state index contributed by atoms with van der Waals surface area (Å²) in [5, 5.41) is 31.7. The summed E-state index contributed by atoms with van der Waals surface area (Å²) >= 11 is 0. The second kappa shape index (κ2) is 7.36. The van der Waals surface area contributed by atoms with E-state index >= 15 is 0 Å². The molecule has 3 N–H and O–H groups in total. The molecule has 0 radical (unpaired) electrons. The maximum atomic E-state index is 10.9. The van der Waals surface area contributed by atoms with Crippen molar-refractivity contribution in [2.75, 3.05) is 25.6 Å². The maximum absolute atomic E-state index is 10.9. The lowest BCUT2D eigenvalue weighted by atomic mass is 10.2. The number of aliphatic hydroxyl groups excluding tert-OH is 1. The summed E-state index contributed by atoms with van der Waals surface area (Å²) in [5.74, 6) is -1.33. The van der Waals surface area contributed by atoms with Crippen molar-refractivity contribution < 1.29 is 24.7 Å². The second-order valence-corrected chi connectivity index (χ2v) is 3.98. The predicted octanol–water partition coefficient (Wildman–Crippen LogP) is 0.497. The number of nitrogens with zero attached hydrogens (tertiary/aromatic N) is 2. The molecule has 1 unspecified atom stereocenters. The normalized spacial score (nSPS) is 11.9. The highest BCUT2D eigenvalue weighted by atomic mass is 16.6. The minimum atomic E-state index is -1.29. The Morgan fingerprint density at radius 2 is 2.35 bits per heavy atom. The first-order valence-electron chi connectivity index (χ1n) is 5.74. The van der Waals surface area contributed by atoms with Gasteiger partial charge in [0.2, 0.25) is 5.82 Å². The Balaban J connectivity index is 2.74. The summed E-state index contributed by atoms with van der Waals surface area (Å²) < 4.78 is 4.74. The zero-order valence-electron chi connectivity index (χ0n) is 10.8. The lowest BCUT2D eigenvalue weighted by Gasteiger charge is -2.10. The average Bonchev–Trinajstić information content (AvgIpc) is 2.38. The van der Waals surface area contributed by atoms with Crippen molar-refractivity contribution in [3.05, 3.63) is 27.9 Å². The first-order valence-corrected chi connectivity index (χ1v) is 5.74. The zero-order valence-corrected chi connectivity index (χ0v) is 10.8. The summed E-state index contributed by atoms with van der Waals surface area (Å²) in [4.78, 5) is 24.6. The third-order valence-corrected chi connectivity index (χ3v) is 2.44. The molecule has 0 fully saturated rings. The molecule has 0 saturated carbocycles. The van der Waals surface area contributed by atoms with Gasteiger partial charge in [0, 0.05) is 25.9 Å². The van der Waals surface area contributed by atoms with Gasteiger partial charge in [-0.2, -0.15) is 0 Å². The van der Waals surface area contributed by atoms with Gasteiger partial charge in [0.05, 0.1) is 23.2 Å². The number of carboxylic acid groups (broad SMARTS) is 1. The van der Waals surface area contributed by atoms with E-state index in [1.165, 1.54) is 7.11 Å². The molecule has 0 bridgehead atoms. The Morgan fingerprint density at radius 1 is 1.65 bits per heavy atom. The van der Waals surface area contributed by atoms with Gasteiger partial charge in [-0.05, 0) is 6.42 Å². The molecule has 1 heterocycles. The lowest BCUT2D eigenvalue weighted by Crippen LogP contribution is -2.19. The van der Waals surface area contributed by atoms with Gasteiger partial charge in [0.1, 0.15) is 0 Å². The molecule has 20 heavy (non-hydrogen) atoms. The standard InChI is InChI=1S/C11H15N3O6/c1-20-6-8(15)2-3-12-10-9(14(18)19)4-7(5-13-10)11(16)17/h4-5,8,15H,2-3,6H2,1H3,(H,12,13)(H,16,17). The van der Waals surface area contributed by atoms with E-state index in [4.69, 9.17) is 9.84 Å². The Hall–Kier alpha value is -2.26. The summed E-state index contributed by atoms with van der Waals surface area (Å²) in [5.41, 5.74) is -0.687. The van der Waals surface area contributed by atoms with Crippen LogP contribution in [0, 0.1) is 10.1 Å². The highest BCUT2D eigenvalue weighted by Gasteiger charge is 2.18. The van der Waals surface area contributed by atoms with Crippen molar-refractivity contribution in [2.45, 2.75) is 12.5 Å². The first-order chi connectivity index (χ1) is 9.45. The van der Waals surface area contributed by atoms with Crippen LogP contribution in [0.4, 0.5) is 11.5 Å². The number of hydrogen-bond acceptors (Lipinski definition) is 7. The van der Waals surface area contributed by atoms with Crippen LogP contribution in [-0.2, 0) is 4.74 Å². The Kier molecular flexibility index (Phi) is 5.81. The number of anilines is 1. The zero-order chi connectivity index (χ0) is 15.1. The molecular weight excluding hydrogens is 270 g/mol. The number of pyridine rings is 1. The molecule has 9 nitrogen and oxygen atoms in total. The topological polar surface area (TPSA) is 135 Å². The summed E-state index contributed by atoms with van der Waals surface area (Å²) in [6, 6.07) is 0.934. The number of aromatic carboxylic acids is 1. The van der Waals surface area contributed by atoms with Gasteiger partial charge in [-0.15, -0.1) is 0 Å². The van der Waals surface area contributed by atoms with Crippen molar-refractivity contribution in [3.8, 4) is 0 Å².